The van der Waals surface area contributed by atoms with Gasteiger partial charge in [0.2, 0.25) is 0 Å². The van der Waals surface area contributed by atoms with E-state index >= 15 is 0 Å². The Labute approximate surface area is 109 Å². The maximum atomic E-state index is 8.93. The van der Waals surface area contributed by atoms with E-state index < -0.39 is 0 Å². The molecular formula is C11H12ClN3O3. The number of methoxy groups -OCH3 is 2. The minimum absolute atomic E-state index is 0.200. The fraction of sp³-hybridized carbons (Fsp3) is 0.273. The molecule has 6 nitrogen and oxygen atoms in total. The number of aromatic amines is 1. The van der Waals surface area contributed by atoms with Gasteiger partial charge in [-0.1, -0.05) is 11.6 Å². The minimum Gasteiger partial charge on any atom is -0.493 e. The minimum atomic E-state index is -0.200. The zero-order chi connectivity index (χ0) is 13.1. The van der Waals surface area contributed by atoms with Crippen LogP contribution in [0.25, 0.3) is 11.4 Å². The Morgan fingerprint density at radius 1 is 1.33 bits per heavy atom. The van der Waals surface area contributed by atoms with Crippen LogP contribution >= 0.6 is 11.6 Å². The zero-order valence-corrected chi connectivity index (χ0v) is 10.7. The van der Waals surface area contributed by atoms with Crippen LogP contribution in [-0.2, 0) is 6.61 Å². The molecule has 0 aliphatic rings. The fourth-order valence-corrected chi connectivity index (χ4v) is 1.83. The second-order valence-corrected chi connectivity index (χ2v) is 3.86. The molecule has 0 aliphatic carbocycles. The number of halogens is 1. The predicted octanol–water partition coefficient (Wildman–Crippen LogP) is 1.63. The van der Waals surface area contributed by atoms with Gasteiger partial charge in [0.1, 0.15) is 6.61 Å². The van der Waals surface area contributed by atoms with Crippen LogP contribution < -0.4 is 9.47 Å². The molecule has 2 rings (SSSR count). The highest BCUT2D eigenvalue weighted by Gasteiger charge is 2.14. The predicted molar refractivity (Wildman–Crippen MR) is 65.9 cm³/mol. The summed E-state index contributed by atoms with van der Waals surface area (Å²) >= 11 is 6.08. The highest BCUT2D eigenvalue weighted by Crippen LogP contribution is 2.38. The first-order chi connectivity index (χ1) is 8.69. The van der Waals surface area contributed by atoms with Crippen LogP contribution in [-0.4, -0.2) is 34.5 Å². The number of nitrogens with zero attached hydrogens (tertiary/aromatic N) is 2. The van der Waals surface area contributed by atoms with E-state index in [1.807, 2.05) is 0 Å². The average Bonchev–Trinajstić information content (AvgIpc) is 2.86. The summed E-state index contributed by atoms with van der Waals surface area (Å²) in [5, 5.41) is 15.9. The van der Waals surface area contributed by atoms with Crippen molar-refractivity contribution in [2.45, 2.75) is 6.61 Å². The molecule has 0 saturated heterocycles. The molecule has 7 heteroatoms. The number of H-pyrrole nitrogens is 1. The van der Waals surface area contributed by atoms with E-state index in [0.29, 0.717) is 33.7 Å². The van der Waals surface area contributed by atoms with Gasteiger partial charge in [-0.05, 0) is 12.1 Å². The molecule has 0 amide bonds. The first-order valence-electron chi connectivity index (χ1n) is 5.13. The van der Waals surface area contributed by atoms with Gasteiger partial charge in [0.05, 0.1) is 19.2 Å². The largest absolute Gasteiger partial charge is 0.493 e. The molecule has 0 fully saturated rings. The van der Waals surface area contributed by atoms with Crippen molar-refractivity contribution in [3.8, 4) is 22.9 Å². The van der Waals surface area contributed by atoms with Gasteiger partial charge in [-0.25, -0.2) is 4.98 Å². The average molecular weight is 270 g/mol. The van der Waals surface area contributed by atoms with E-state index in [1.165, 1.54) is 14.2 Å². The smallest absolute Gasteiger partial charge is 0.181 e. The maximum absolute atomic E-state index is 8.93. The third-order valence-corrected chi connectivity index (χ3v) is 2.65. The zero-order valence-electron chi connectivity index (χ0n) is 9.90. The number of ether oxygens (including phenoxy) is 2. The summed E-state index contributed by atoms with van der Waals surface area (Å²) in [6.45, 7) is -0.200. The van der Waals surface area contributed by atoms with Crippen molar-refractivity contribution in [1.82, 2.24) is 15.2 Å². The molecule has 96 valence electrons. The van der Waals surface area contributed by atoms with Crippen molar-refractivity contribution in [3.05, 3.63) is 23.0 Å². The Balaban J connectivity index is 2.48. The fourth-order valence-electron chi connectivity index (χ4n) is 1.54. The second-order valence-electron chi connectivity index (χ2n) is 3.46. The summed E-state index contributed by atoms with van der Waals surface area (Å²) in [5.74, 6) is 1.77. The Bertz CT molecular complexity index is 556. The summed E-state index contributed by atoms with van der Waals surface area (Å²) in [5.41, 5.74) is 0.675. The van der Waals surface area contributed by atoms with Gasteiger partial charge in [0.25, 0.3) is 0 Å². The van der Waals surface area contributed by atoms with Crippen LogP contribution in [0.15, 0.2) is 12.1 Å². The number of aromatic nitrogens is 3. The normalized spacial score (nSPS) is 10.4. The van der Waals surface area contributed by atoms with Crippen molar-refractivity contribution in [3.63, 3.8) is 0 Å². The number of hydrogen-bond acceptors (Lipinski definition) is 5. The van der Waals surface area contributed by atoms with E-state index in [4.69, 9.17) is 26.2 Å². The molecule has 1 aromatic heterocycles. The summed E-state index contributed by atoms with van der Waals surface area (Å²) in [6.07, 6.45) is 0. The first-order valence-corrected chi connectivity index (χ1v) is 5.51. The lowest BCUT2D eigenvalue weighted by Gasteiger charge is -2.10. The molecule has 0 radical (unpaired) electrons. The third kappa shape index (κ3) is 2.25. The maximum Gasteiger partial charge on any atom is 0.181 e. The van der Waals surface area contributed by atoms with Crippen molar-refractivity contribution < 1.29 is 14.6 Å². The molecule has 0 bridgehead atoms. The highest BCUT2D eigenvalue weighted by molar-refractivity contribution is 6.32. The lowest BCUT2D eigenvalue weighted by Crippen LogP contribution is -1.93. The topological polar surface area (TPSA) is 80.3 Å². The van der Waals surface area contributed by atoms with E-state index in [2.05, 4.69) is 15.2 Å². The van der Waals surface area contributed by atoms with Crippen molar-refractivity contribution in [2.75, 3.05) is 14.2 Å². The number of benzene rings is 1. The van der Waals surface area contributed by atoms with Gasteiger partial charge in [0, 0.05) is 5.56 Å². The van der Waals surface area contributed by atoms with Gasteiger partial charge in [-0.15, -0.1) is 0 Å². The molecule has 0 atom stereocenters. The van der Waals surface area contributed by atoms with E-state index in [1.54, 1.807) is 12.1 Å². The molecular weight excluding hydrogens is 258 g/mol. The molecule has 0 aliphatic heterocycles. The van der Waals surface area contributed by atoms with Crippen LogP contribution in [0, 0.1) is 0 Å². The Kier molecular flexibility index (Phi) is 3.69. The van der Waals surface area contributed by atoms with Gasteiger partial charge in [0.15, 0.2) is 23.1 Å². The van der Waals surface area contributed by atoms with Crippen LogP contribution in [0.1, 0.15) is 5.82 Å². The van der Waals surface area contributed by atoms with Crippen LogP contribution in [0.5, 0.6) is 11.5 Å². The lowest BCUT2D eigenvalue weighted by molar-refractivity contribution is 0.272. The number of aliphatic hydroxyl groups is 1. The monoisotopic (exact) mass is 269 g/mol. The van der Waals surface area contributed by atoms with E-state index in [0.717, 1.165) is 0 Å². The molecule has 1 heterocycles. The molecule has 0 saturated carbocycles. The Hall–Kier alpha value is -1.79. The summed E-state index contributed by atoms with van der Waals surface area (Å²) < 4.78 is 10.3. The molecule has 2 aromatic rings. The Morgan fingerprint density at radius 3 is 2.67 bits per heavy atom. The molecule has 2 N–H and O–H groups in total. The highest BCUT2D eigenvalue weighted by atomic mass is 35.5. The van der Waals surface area contributed by atoms with Crippen LogP contribution in [0.2, 0.25) is 5.02 Å². The number of aliphatic hydroxyl groups excluding tert-OH is 1. The van der Waals surface area contributed by atoms with Crippen LogP contribution in [0.4, 0.5) is 0 Å². The van der Waals surface area contributed by atoms with Gasteiger partial charge in [-0.3, -0.25) is 5.10 Å². The molecule has 0 spiro atoms. The quantitative estimate of drug-likeness (QED) is 0.882. The van der Waals surface area contributed by atoms with Gasteiger partial charge in [-0.2, -0.15) is 5.10 Å². The van der Waals surface area contributed by atoms with Crippen molar-refractivity contribution >= 4 is 11.6 Å². The standard InChI is InChI=1S/C11H12ClN3O3/c1-17-8-4-6(3-7(12)10(8)18-2)11-13-9(5-16)14-15-11/h3-4,16H,5H2,1-2H3,(H,13,14,15). The number of nitrogens with one attached hydrogen (secondary N) is 1. The lowest BCUT2D eigenvalue weighted by atomic mass is 10.2. The molecule has 1 aromatic carbocycles. The number of hydrogen-bond donors (Lipinski definition) is 2. The SMILES string of the molecule is COc1cc(-c2n[nH]c(CO)n2)cc(Cl)c1OC. The van der Waals surface area contributed by atoms with Crippen molar-refractivity contribution in [1.29, 1.82) is 0 Å². The van der Waals surface area contributed by atoms with E-state index in [9.17, 15) is 0 Å². The number of rotatable bonds is 4. The van der Waals surface area contributed by atoms with E-state index in [-0.39, 0.29) is 6.61 Å². The Morgan fingerprint density at radius 2 is 2.11 bits per heavy atom. The van der Waals surface area contributed by atoms with Gasteiger partial charge < -0.3 is 14.6 Å². The third-order valence-electron chi connectivity index (χ3n) is 2.37. The second kappa shape index (κ2) is 5.24. The summed E-state index contributed by atoms with van der Waals surface area (Å²) in [4.78, 5) is 4.10. The van der Waals surface area contributed by atoms with Crippen molar-refractivity contribution in [2.24, 2.45) is 0 Å². The summed E-state index contributed by atoms with van der Waals surface area (Å²) in [6, 6.07) is 3.39. The molecule has 18 heavy (non-hydrogen) atoms. The first kappa shape index (κ1) is 12.7. The molecule has 0 unspecified atom stereocenters. The van der Waals surface area contributed by atoms with Gasteiger partial charge >= 0.3 is 0 Å². The summed E-state index contributed by atoms with van der Waals surface area (Å²) in [7, 11) is 3.04. The van der Waals surface area contributed by atoms with Crippen LogP contribution in [0.3, 0.4) is 0 Å².